The van der Waals surface area contributed by atoms with Gasteiger partial charge < -0.3 is 15.0 Å². The third-order valence-corrected chi connectivity index (χ3v) is 4.97. The number of hydrogen-bond acceptors (Lipinski definition) is 4. The molecular formula is C16H26N2O3S. The van der Waals surface area contributed by atoms with Gasteiger partial charge in [-0.3, -0.25) is 9.59 Å². The number of nitrogens with zero attached hydrogens (tertiary/aromatic N) is 1. The molecule has 0 aromatic rings. The van der Waals surface area contributed by atoms with Crippen molar-refractivity contribution in [3.8, 4) is 0 Å². The van der Waals surface area contributed by atoms with Gasteiger partial charge in [0, 0.05) is 19.0 Å². The average Bonchev–Trinajstić information content (AvgIpc) is 2.56. The molecule has 124 valence electrons. The highest BCUT2D eigenvalue weighted by atomic mass is 32.1. The van der Waals surface area contributed by atoms with Gasteiger partial charge in [-0.15, -0.1) is 0 Å². The van der Waals surface area contributed by atoms with E-state index in [4.69, 9.17) is 17.0 Å². The van der Waals surface area contributed by atoms with Crippen LogP contribution in [0.15, 0.2) is 0 Å². The van der Waals surface area contributed by atoms with Crippen LogP contribution in [0.3, 0.4) is 0 Å². The van der Waals surface area contributed by atoms with Gasteiger partial charge in [0.25, 0.3) is 0 Å². The molecule has 1 saturated heterocycles. The summed E-state index contributed by atoms with van der Waals surface area (Å²) in [7, 11) is 0. The number of carbonyl (C=O) groups excluding carboxylic acids is 2. The summed E-state index contributed by atoms with van der Waals surface area (Å²) in [4.78, 5) is 25.9. The smallest absolute Gasteiger partial charge is 0.309 e. The van der Waals surface area contributed by atoms with Crippen LogP contribution in [0.25, 0.3) is 0 Å². The van der Waals surface area contributed by atoms with E-state index in [1.165, 1.54) is 6.42 Å². The van der Waals surface area contributed by atoms with Crippen LogP contribution in [-0.2, 0) is 14.3 Å². The molecule has 0 spiro atoms. The Balaban J connectivity index is 1.75. The third-order valence-electron chi connectivity index (χ3n) is 4.61. The maximum atomic E-state index is 12.2. The lowest BCUT2D eigenvalue weighted by atomic mass is 9.89. The van der Waals surface area contributed by atoms with Crippen molar-refractivity contribution in [1.29, 1.82) is 0 Å². The molecule has 0 bridgehead atoms. The number of piperidine rings is 1. The van der Waals surface area contributed by atoms with Gasteiger partial charge in [0.1, 0.15) is 0 Å². The molecule has 5 nitrogen and oxygen atoms in total. The average molecular weight is 326 g/mol. The summed E-state index contributed by atoms with van der Waals surface area (Å²) in [6.07, 6.45) is 6.91. The maximum Gasteiger partial charge on any atom is 0.309 e. The van der Waals surface area contributed by atoms with Crippen LogP contribution in [0, 0.1) is 11.8 Å². The molecular weight excluding hydrogens is 300 g/mol. The normalized spacial score (nSPS) is 20.5. The van der Waals surface area contributed by atoms with Crippen molar-refractivity contribution in [2.75, 3.05) is 19.7 Å². The lowest BCUT2D eigenvalue weighted by Crippen LogP contribution is -2.48. The second kappa shape index (κ2) is 8.46. The van der Waals surface area contributed by atoms with Gasteiger partial charge in [0.2, 0.25) is 5.91 Å². The Morgan fingerprint density at radius 1 is 1.09 bits per heavy atom. The van der Waals surface area contributed by atoms with E-state index < -0.39 is 0 Å². The quantitative estimate of drug-likeness (QED) is 0.637. The Hall–Kier alpha value is -1.17. The third kappa shape index (κ3) is 4.66. The number of carbonyl (C=O) groups is 2. The molecule has 1 amide bonds. The van der Waals surface area contributed by atoms with E-state index in [9.17, 15) is 9.59 Å². The molecule has 2 fully saturated rings. The molecule has 1 aliphatic heterocycles. The topological polar surface area (TPSA) is 58.6 Å². The van der Waals surface area contributed by atoms with E-state index in [-0.39, 0.29) is 23.7 Å². The number of likely N-dealkylation sites (tertiary alicyclic amines) is 1. The fourth-order valence-corrected chi connectivity index (χ4v) is 3.51. The number of nitrogens with one attached hydrogen (secondary N) is 1. The molecule has 0 atom stereocenters. The van der Waals surface area contributed by atoms with E-state index in [1.807, 2.05) is 11.8 Å². The van der Waals surface area contributed by atoms with Crippen molar-refractivity contribution >= 4 is 29.2 Å². The molecule has 22 heavy (non-hydrogen) atoms. The monoisotopic (exact) mass is 326 g/mol. The van der Waals surface area contributed by atoms with Crippen LogP contribution in [0.4, 0.5) is 0 Å². The molecule has 0 radical (unpaired) electrons. The molecule has 1 saturated carbocycles. The van der Waals surface area contributed by atoms with Crippen molar-refractivity contribution < 1.29 is 14.3 Å². The Morgan fingerprint density at radius 2 is 1.73 bits per heavy atom. The first-order valence-electron chi connectivity index (χ1n) is 8.38. The zero-order valence-electron chi connectivity index (χ0n) is 13.3. The van der Waals surface area contributed by atoms with Gasteiger partial charge in [-0.25, -0.2) is 0 Å². The first kappa shape index (κ1) is 17.2. The van der Waals surface area contributed by atoms with Gasteiger partial charge in [-0.1, -0.05) is 19.3 Å². The number of thiocarbonyl (C=S) groups is 1. The Labute approximate surface area is 137 Å². The molecule has 0 unspecified atom stereocenters. The molecule has 2 rings (SSSR count). The molecule has 0 aromatic carbocycles. The van der Waals surface area contributed by atoms with Crippen molar-refractivity contribution in [1.82, 2.24) is 10.2 Å². The number of hydrogen-bond donors (Lipinski definition) is 1. The van der Waals surface area contributed by atoms with Crippen LogP contribution < -0.4 is 5.32 Å². The molecule has 0 aromatic heterocycles. The van der Waals surface area contributed by atoms with Crippen LogP contribution >= 0.6 is 12.2 Å². The highest BCUT2D eigenvalue weighted by molar-refractivity contribution is 7.80. The fraction of sp³-hybridized carbons (Fsp3) is 0.812. The first-order valence-corrected chi connectivity index (χ1v) is 8.79. The van der Waals surface area contributed by atoms with Gasteiger partial charge in [-0.2, -0.15) is 0 Å². The summed E-state index contributed by atoms with van der Waals surface area (Å²) in [5.74, 6) is 0.0355. The Bertz CT molecular complexity index is 414. The number of amides is 1. The molecule has 6 heteroatoms. The standard InChI is InChI=1S/C16H26N2O3S/c1-2-21-15(20)13-8-10-18(11-9-13)16(22)17-14(19)12-6-4-3-5-7-12/h12-13H,2-11H2,1H3,(H,17,19,22). The molecule has 1 N–H and O–H groups in total. The predicted octanol–water partition coefficient (Wildman–Crippen LogP) is 2.24. The first-order chi connectivity index (χ1) is 10.6. The summed E-state index contributed by atoms with van der Waals surface area (Å²) in [6, 6.07) is 0. The number of rotatable bonds is 3. The van der Waals surface area contributed by atoms with Crippen molar-refractivity contribution in [2.24, 2.45) is 11.8 Å². The summed E-state index contributed by atoms with van der Waals surface area (Å²) in [5.41, 5.74) is 0. The summed E-state index contributed by atoms with van der Waals surface area (Å²) < 4.78 is 5.06. The van der Waals surface area contributed by atoms with Gasteiger partial charge in [-0.05, 0) is 44.8 Å². The summed E-state index contributed by atoms with van der Waals surface area (Å²) in [5, 5.41) is 3.40. The summed E-state index contributed by atoms with van der Waals surface area (Å²) in [6.45, 7) is 3.65. The lowest BCUT2D eigenvalue weighted by molar-refractivity contribution is -0.149. The number of ether oxygens (including phenoxy) is 1. The summed E-state index contributed by atoms with van der Waals surface area (Å²) >= 11 is 5.35. The van der Waals surface area contributed by atoms with Crippen molar-refractivity contribution in [3.05, 3.63) is 0 Å². The van der Waals surface area contributed by atoms with E-state index in [0.29, 0.717) is 24.8 Å². The molecule has 1 heterocycles. The van der Waals surface area contributed by atoms with Crippen molar-refractivity contribution in [3.63, 3.8) is 0 Å². The lowest BCUT2D eigenvalue weighted by Gasteiger charge is -2.33. The Morgan fingerprint density at radius 3 is 2.32 bits per heavy atom. The van der Waals surface area contributed by atoms with Crippen LogP contribution in [-0.4, -0.2) is 41.6 Å². The number of esters is 1. The zero-order chi connectivity index (χ0) is 15.9. The largest absolute Gasteiger partial charge is 0.466 e. The van der Waals surface area contributed by atoms with Crippen LogP contribution in [0.1, 0.15) is 51.9 Å². The predicted molar refractivity (Wildman–Crippen MR) is 88.2 cm³/mol. The van der Waals surface area contributed by atoms with Crippen LogP contribution in [0.5, 0.6) is 0 Å². The maximum absolute atomic E-state index is 12.2. The minimum absolute atomic E-state index is 0.0342. The van der Waals surface area contributed by atoms with Gasteiger partial charge >= 0.3 is 5.97 Å². The van der Waals surface area contributed by atoms with E-state index >= 15 is 0 Å². The van der Waals surface area contributed by atoms with Crippen LogP contribution in [0.2, 0.25) is 0 Å². The van der Waals surface area contributed by atoms with E-state index in [2.05, 4.69) is 5.32 Å². The molecule has 2 aliphatic rings. The Kier molecular flexibility index (Phi) is 6.61. The minimum Gasteiger partial charge on any atom is -0.466 e. The van der Waals surface area contributed by atoms with E-state index in [0.717, 1.165) is 38.5 Å². The SMILES string of the molecule is CCOC(=O)C1CCN(C(=S)NC(=O)C2CCCCC2)CC1. The van der Waals surface area contributed by atoms with Gasteiger partial charge in [0.15, 0.2) is 5.11 Å². The highest BCUT2D eigenvalue weighted by Crippen LogP contribution is 2.24. The highest BCUT2D eigenvalue weighted by Gasteiger charge is 2.28. The van der Waals surface area contributed by atoms with E-state index in [1.54, 1.807) is 0 Å². The fourth-order valence-electron chi connectivity index (χ4n) is 3.23. The zero-order valence-corrected chi connectivity index (χ0v) is 14.1. The minimum atomic E-state index is -0.112. The van der Waals surface area contributed by atoms with Gasteiger partial charge in [0.05, 0.1) is 12.5 Å². The molecule has 1 aliphatic carbocycles. The van der Waals surface area contributed by atoms with Crippen molar-refractivity contribution in [2.45, 2.75) is 51.9 Å². The second-order valence-electron chi connectivity index (χ2n) is 6.14. The second-order valence-corrected chi connectivity index (χ2v) is 6.53.